The van der Waals surface area contributed by atoms with Crippen molar-refractivity contribution in [2.24, 2.45) is 0 Å². The van der Waals surface area contributed by atoms with E-state index >= 15 is 0 Å². The molecule has 1 aliphatic heterocycles. The van der Waals surface area contributed by atoms with Crippen LogP contribution >= 0.6 is 0 Å². The third-order valence-electron chi connectivity index (χ3n) is 3.92. The highest BCUT2D eigenvalue weighted by Crippen LogP contribution is 2.28. The molecule has 1 heterocycles. The van der Waals surface area contributed by atoms with Crippen molar-refractivity contribution in [3.8, 4) is 0 Å². The molecule has 1 aliphatic rings. The molecular formula is C18H27NO3. The summed E-state index contributed by atoms with van der Waals surface area (Å²) in [5.74, 6) is 0.365. The van der Waals surface area contributed by atoms with Crippen LogP contribution in [-0.4, -0.2) is 41.4 Å². The van der Waals surface area contributed by atoms with Crippen LogP contribution in [0.5, 0.6) is 0 Å². The molecule has 1 unspecified atom stereocenters. The number of rotatable bonds is 3. The number of carbonyl (C=O) groups excluding carboxylic acids is 1. The molecule has 1 saturated heterocycles. The maximum atomic E-state index is 12.2. The van der Waals surface area contributed by atoms with Crippen molar-refractivity contribution in [3.63, 3.8) is 0 Å². The number of likely N-dealkylation sites (tertiary alicyclic amines) is 1. The second-order valence-electron chi connectivity index (χ2n) is 6.98. The van der Waals surface area contributed by atoms with Gasteiger partial charge in [-0.2, -0.15) is 0 Å². The molecule has 1 N–H and O–H groups in total. The second-order valence-corrected chi connectivity index (χ2v) is 6.98. The number of benzene rings is 1. The quantitative estimate of drug-likeness (QED) is 0.932. The summed E-state index contributed by atoms with van der Waals surface area (Å²) >= 11 is 0. The average Bonchev–Trinajstić information content (AvgIpc) is 2.47. The first kappa shape index (κ1) is 16.8. The molecule has 4 nitrogen and oxygen atoms in total. The summed E-state index contributed by atoms with van der Waals surface area (Å²) in [5.41, 5.74) is 1.96. The lowest BCUT2D eigenvalue weighted by molar-refractivity contribution is 0.0198. The van der Waals surface area contributed by atoms with Gasteiger partial charge in [-0.25, -0.2) is 4.79 Å². The van der Waals surface area contributed by atoms with Crippen LogP contribution < -0.4 is 0 Å². The zero-order valence-corrected chi connectivity index (χ0v) is 13.8. The molecule has 1 amide bonds. The molecule has 0 aliphatic carbocycles. The lowest BCUT2D eigenvalue weighted by Gasteiger charge is -2.34. The van der Waals surface area contributed by atoms with Crippen LogP contribution in [0.1, 0.15) is 50.7 Å². The van der Waals surface area contributed by atoms with Gasteiger partial charge in [-0.05, 0) is 51.2 Å². The first-order valence-corrected chi connectivity index (χ1v) is 8.06. The molecule has 0 aromatic heterocycles. The van der Waals surface area contributed by atoms with Gasteiger partial charge in [0.05, 0.1) is 0 Å². The Hall–Kier alpha value is -1.55. The smallest absolute Gasteiger partial charge is 0.410 e. The first-order valence-electron chi connectivity index (χ1n) is 8.06. The van der Waals surface area contributed by atoms with Gasteiger partial charge in [0.15, 0.2) is 0 Å². The van der Waals surface area contributed by atoms with Gasteiger partial charge >= 0.3 is 6.09 Å². The normalized spacial score (nSPS) is 19.1. The van der Waals surface area contributed by atoms with E-state index in [0.717, 1.165) is 24.9 Å². The van der Waals surface area contributed by atoms with Crippen molar-refractivity contribution in [2.45, 2.75) is 51.6 Å². The largest absolute Gasteiger partial charge is 0.444 e. The number of amides is 1. The Labute approximate surface area is 133 Å². The topological polar surface area (TPSA) is 49.8 Å². The summed E-state index contributed by atoms with van der Waals surface area (Å²) in [6, 6.07) is 8.37. The van der Waals surface area contributed by atoms with Crippen molar-refractivity contribution in [3.05, 3.63) is 35.4 Å². The molecule has 0 saturated carbocycles. The van der Waals surface area contributed by atoms with Gasteiger partial charge in [0.2, 0.25) is 0 Å². The lowest BCUT2D eigenvalue weighted by atomic mass is 9.90. The standard InChI is InChI=1S/C18H27NO3/c1-18(2,3)22-17(21)19-11-4-5-16(13-19)15-8-6-14(7-9-15)10-12-20/h6-9,16,20H,4-5,10-13H2,1-3H3. The fourth-order valence-electron chi connectivity index (χ4n) is 2.83. The molecule has 0 radical (unpaired) electrons. The van der Waals surface area contributed by atoms with E-state index in [2.05, 4.69) is 24.3 Å². The first-order chi connectivity index (χ1) is 10.4. The Kier molecular flexibility index (Phi) is 5.46. The highest BCUT2D eigenvalue weighted by Gasteiger charge is 2.28. The maximum absolute atomic E-state index is 12.2. The molecule has 22 heavy (non-hydrogen) atoms. The van der Waals surface area contributed by atoms with Gasteiger partial charge in [0.25, 0.3) is 0 Å². The maximum Gasteiger partial charge on any atom is 0.410 e. The third-order valence-corrected chi connectivity index (χ3v) is 3.92. The van der Waals surface area contributed by atoms with E-state index < -0.39 is 5.60 Å². The number of carbonyl (C=O) groups is 1. The van der Waals surface area contributed by atoms with E-state index in [0.29, 0.717) is 18.9 Å². The van der Waals surface area contributed by atoms with E-state index in [1.165, 1.54) is 5.56 Å². The van der Waals surface area contributed by atoms with Crippen molar-refractivity contribution < 1.29 is 14.6 Å². The van der Waals surface area contributed by atoms with Crippen LogP contribution in [0, 0.1) is 0 Å². The summed E-state index contributed by atoms with van der Waals surface area (Å²) < 4.78 is 5.47. The van der Waals surface area contributed by atoms with Gasteiger partial charge in [0.1, 0.15) is 5.60 Å². The molecule has 0 spiro atoms. The molecule has 1 aromatic carbocycles. The predicted octanol–water partition coefficient (Wildman–Crippen LogP) is 3.34. The van der Waals surface area contributed by atoms with Crippen molar-refractivity contribution in [1.82, 2.24) is 4.90 Å². The van der Waals surface area contributed by atoms with Gasteiger partial charge < -0.3 is 14.7 Å². The van der Waals surface area contributed by atoms with Crippen LogP contribution in [-0.2, 0) is 11.2 Å². The SMILES string of the molecule is CC(C)(C)OC(=O)N1CCCC(c2ccc(CCO)cc2)C1. The summed E-state index contributed by atoms with van der Waals surface area (Å²) in [7, 11) is 0. The van der Waals surface area contributed by atoms with Gasteiger partial charge in [-0.1, -0.05) is 24.3 Å². The van der Waals surface area contributed by atoms with Crippen LogP contribution in [0.2, 0.25) is 0 Å². The van der Waals surface area contributed by atoms with Crippen molar-refractivity contribution in [1.29, 1.82) is 0 Å². The number of nitrogens with zero attached hydrogens (tertiary/aromatic N) is 1. The predicted molar refractivity (Wildman–Crippen MR) is 87.0 cm³/mol. The minimum Gasteiger partial charge on any atom is -0.444 e. The fraction of sp³-hybridized carbons (Fsp3) is 0.611. The second kappa shape index (κ2) is 7.14. The Balaban J connectivity index is 1.99. The number of piperidine rings is 1. The van der Waals surface area contributed by atoms with Crippen LogP contribution in [0.15, 0.2) is 24.3 Å². The molecule has 4 heteroatoms. The minimum atomic E-state index is -0.448. The van der Waals surface area contributed by atoms with Crippen LogP contribution in [0.4, 0.5) is 4.79 Å². The molecule has 0 bridgehead atoms. The minimum absolute atomic E-state index is 0.176. The molecule has 1 fully saturated rings. The van der Waals surface area contributed by atoms with E-state index in [1.807, 2.05) is 25.7 Å². The van der Waals surface area contributed by atoms with Crippen molar-refractivity contribution in [2.75, 3.05) is 19.7 Å². The van der Waals surface area contributed by atoms with Gasteiger partial charge in [-0.15, -0.1) is 0 Å². The summed E-state index contributed by atoms with van der Waals surface area (Å²) in [6.07, 6.45) is 2.57. The summed E-state index contributed by atoms with van der Waals surface area (Å²) in [5, 5.41) is 8.97. The molecular weight excluding hydrogens is 278 g/mol. The Morgan fingerprint density at radius 1 is 1.32 bits per heavy atom. The Morgan fingerprint density at radius 3 is 2.59 bits per heavy atom. The molecule has 2 rings (SSSR count). The zero-order chi connectivity index (χ0) is 16.2. The number of aliphatic hydroxyl groups excluding tert-OH is 1. The average molecular weight is 305 g/mol. The van der Waals surface area contributed by atoms with Crippen LogP contribution in [0.3, 0.4) is 0 Å². The van der Waals surface area contributed by atoms with E-state index in [4.69, 9.17) is 9.84 Å². The Morgan fingerprint density at radius 2 is 2.00 bits per heavy atom. The number of hydrogen-bond donors (Lipinski definition) is 1. The lowest BCUT2D eigenvalue weighted by Crippen LogP contribution is -2.42. The highest BCUT2D eigenvalue weighted by atomic mass is 16.6. The molecule has 1 aromatic rings. The highest BCUT2D eigenvalue weighted by molar-refractivity contribution is 5.68. The van der Waals surface area contributed by atoms with Gasteiger partial charge in [-0.3, -0.25) is 0 Å². The Bertz CT molecular complexity index is 490. The van der Waals surface area contributed by atoms with Crippen LogP contribution in [0.25, 0.3) is 0 Å². The number of hydrogen-bond acceptors (Lipinski definition) is 3. The van der Waals surface area contributed by atoms with E-state index in [-0.39, 0.29) is 12.7 Å². The number of aliphatic hydroxyl groups is 1. The van der Waals surface area contributed by atoms with E-state index in [1.54, 1.807) is 0 Å². The number of ether oxygens (including phenoxy) is 1. The monoisotopic (exact) mass is 305 g/mol. The van der Waals surface area contributed by atoms with Gasteiger partial charge in [0, 0.05) is 25.6 Å². The zero-order valence-electron chi connectivity index (χ0n) is 13.8. The van der Waals surface area contributed by atoms with Crippen molar-refractivity contribution >= 4 is 6.09 Å². The summed E-state index contributed by atoms with van der Waals surface area (Å²) in [6.45, 7) is 7.35. The third kappa shape index (κ3) is 4.73. The summed E-state index contributed by atoms with van der Waals surface area (Å²) in [4.78, 5) is 14.0. The fourth-order valence-corrected chi connectivity index (χ4v) is 2.83. The molecule has 1 atom stereocenters. The molecule has 122 valence electrons. The van der Waals surface area contributed by atoms with E-state index in [9.17, 15) is 4.79 Å².